The lowest BCUT2D eigenvalue weighted by Gasteiger charge is -2.11. The number of pyridine rings is 1. The highest BCUT2D eigenvalue weighted by molar-refractivity contribution is 5.88. The van der Waals surface area contributed by atoms with Gasteiger partial charge < -0.3 is 9.84 Å². The van der Waals surface area contributed by atoms with Crippen LogP contribution in [0.4, 0.5) is 13.2 Å². The average molecular weight is 359 g/mol. The smallest absolute Gasteiger partial charge is 0.433 e. The van der Waals surface area contributed by atoms with Gasteiger partial charge in [-0.05, 0) is 29.3 Å². The summed E-state index contributed by atoms with van der Waals surface area (Å²) in [6, 6.07) is 17.5. The van der Waals surface area contributed by atoms with Crippen LogP contribution in [0.3, 0.4) is 0 Å². The van der Waals surface area contributed by atoms with E-state index >= 15 is 0 Å². The fourth-order valence-corrected chi connectivity index (χ4v) is 2.32. The molecule has 0 atom stereocenters. The molecule has 0 radical (unpaired) electrons. The van der Waals surface area contributed by atoms with Gasteiger partial charge in [0.1, 0.15) is 11.4 Å². The monoisotopic (exact) mass is 359 g/mol. The molecule has 0 amide bonds. The van der Waals surface area contributed by atoms with E-state index < -0.39 is 29.3 Å². The number of alkyl halides is 3. The molecule has 132 valence electrons. The van der Waals surface area contributed by atoms with Crippen molar-refractivity contribution < 1.29 is 27.8 Å². The molecule has 0 unspecified atom stereocenters. The second-order valence-corrected chi connectivity index (χ2v) is 5.38. The average Bonchev–Trinajstić information content (AvgIpc) is 2.61. The first-order chi connectivity index (χ1) is 12.3. The van der Waals surface area contributed by atoms with Gasteiger partial charge >= 0.3 is 12.1 Å². The number of hydrogen-bond acceptors (Lipinski definition) is 3. The van der Waals surface area contributed by atoms with Crippen LogP contribution < -0.4 is 4.74 Å². The number of carbonyl (C=O) groups is 1. The summed E-state index contributed by atoms with van der Waals surface area (Å²) in [5.41, 5.74) is -0.178. The number of aromatic carboxylic acids is 1. The summed E-state index contributed by atoms with van der Waals surface area (Å²) < 4.78 is 44.2. The first kappa shape index (κ1) is 17.5. The molecule has 4 nitrogen and oxygen atoms in total. The zero-order chi connectivity index (χ0) is 18.7. The predicted molar refractivity (Wildman–Crippen MR) is 88.2 cm³/mol. The summed E-state index contributed by atoms with van der Waals surface area (Å²) in [5.74, 6) is -1.70. The van der Waals surface area contributed by atoms with Crippen molar-refractivity contribution in [2.45, 2.75) is 6.18 Å². The Balaban J connectivity index is 1.96. The Morgan fingerprint density at radius 3 is 2.27 bits per heavy atom. The zero-order valence-corrected chi connectivity index (χ0v) is 13.2. The van der Waals surface area contributed by atoms with Crippen LogP contribution in [0.5, 0.6) is 11.6 Å². The van der Waals surface area contributed by atoms with Crippen LogP contribution in [-0.4, -0.2) is 16.1 Å². The molecule has 0 saturated heterocycles. The SMILES string of the molecule is O=C(O)c1cc(Oc2cccc(-c3ccccc3)c2)nc(C(F)(F)F)c1. The molecule has 1 heterocycles. The summed E-state index contributed by atoms with van der Waals surface area (Å²) in [5, 5.41) is 9.01. The van der Waals surface area contributed by atoms with Gasteiger partial charge in [0.05, 0.1) is 5.56 Å². The molecule has 0 bridgehead atoms. The van der Waals surface area contributed by atoms with E-state index in [4.69, 9.17) is 9.84 Å². The fraction of sp³-hybridized carbons (Fsp3) is 0.0526. The van der Waals surface area contributed by atoms with Crippen molar-refractivity contribution in [1.82, 2.24) is 4.98 Å². The Labute approximate surface area is 146 Å². The van der Waals surface area contributed by atoms with Gasteiger partial charge in [0.25, 0.3) is 0 Å². The molecule has 2 aromatic carbocycles. The predicted octanol–water partition coefficient (Wildman–Crippen LogP) is 5.26. The summed E-state index contributed by atoms with van der Waals surface area (Å²) in [4.78, 5) is 14.4. The van der Waals surface area contributed by atoms with Crippen LogP contribution in [0.2, 0.25) is 0 Å². The Morgan fingerprint density at radius 1 is 0.923 bits per heavy atom. The molecule has 0 aliphatic rings. The molecular formula is C19H12F3NO3. The summed E-state index contributed by atoms with van der Waals surface area (Å²) in [7, 11) is 0. The normalized spacial score (nSPS) is 11.2. The molecule has 0 fully saturated rings. The van der Waals surface area contributed by atoms with Gasteiger partial charge in [0.15, 0.2) is 0 Å². The van der Waals surface area contributed by atoms with E-state index in [1.165, 1.54) is 0 Å². The number of hydrogen-bond donors (Lipinski definition) is 1. The van der Waals surface area contributed by atoms with E-state index in [1.807, 2.05) is 36.4 Å². The molecule has 3 aromatic rings. The highest BCUT2D eigenvalue weighted by Gasteiger charge is 2.34. The molecular weight excluding hydrogens is 347 g/mol. The maximum atomic E-state index is 12.9. The van der Waals surface area contributed by atoms with E-state index in [1.54, 1.807) is 18.2 Å². The van der Waals surface area contributed by atoms with Gasteiger partial charge in [-0.3, -0.25) is 0 Å². The van der Waals surface area contributed by atoms with Crippen LogP contribution in [0.25, 0.3) is 11.1 Å². The molecule has 3 rings (SSSR count). The molecule has 1 aromatic heterocycles. The third-order valence-electron chi connectivity index (χ3n) is 3.50. The zero-order valence-electron chi connectivity index (χ0n) is 13.2. The van der Waals surface area contributed by atoms with E-state index in [0.717, 1.165) is 17.2 Å². The van der Waals surface area contributed by atoms with E-state index in [2.05, 4.69) is 4.98 Å². The fourth-order valence-electron chi connectivity index (χ4n) is 2.32. The Hall–Kier alpha value is -3.35. The number of aromatic nitrogens is 1. The van der Waals surface area contributed by atoms with Gasteiger partial charge in [0.2, 0.25) is 5.88 Å². The number of benzene rings is 2. The maximum absolute atomic E-state index is 12.9. The van der Waals surface area contributed by atoms with Crippen molar-refractivity contribution >= 4 is 5.97 Å². The molecule has 7 heteroatoms. The minimum absolute atomic E-state index is 0.245. The van der Waals surface area contributed by atoms with Crippen LogP contribution in [0.1, 0.15) is 16.1 Å². The molecule has 0 aliphatic carbocycles. The standard InChI is InChI=1S/C19H12F3NO3/c20-19(21,22)16-10-14(18(24)25)11-17(23-16)26-15-8-4-7-13(9-15)12-5-2-1-3-6-12/h1-11H,(H,24,25). The Bertz CT molecular complexity index is 940. The van der Waals surface area contributed by atoms with Gasteiger partial charge in [-0.25, -0.2) is 9.78 Å². The van der Waals surface area contributed by atoms with Gasteiger partial charge in [0, 0.05) is 6.07 Å². The summed E-state index contributed by atoms with van der Waals surface area (Å²) in [6.45, 7) is 0. The number of halogens is 3. The van der Waals surface area contributed by atoms with Crippen LogP contribution in [0, 0.1) is 0 Å². The minimum Gasteiger partial charge on any atom is -0.478 e. The number of nitrogens with zero attached hydrogens (tertiary/aromatic N) is 1. The van der Waals surface area contributed by atoms with Crippen molar-refractivity contribution in [3.63, 3.8) is 0 Å². The Morgan fingerprint density at radius 2 is 1.62 bits per heavy atom. The first-order valence-corrected chi connectivity index (χ1v) is 7.49. The van der Waals surface area contributed by atoms with Crippen molar-refractivity contribution in [3.05, 3.63) is 78.0 Å². The van der Waals surface area contributed by atoms with Gasteiger partial charge in [-0.2, -0.15) is 13.2 Å². The lowest BCUT2D eigenvalue weighted by atomic mass is 10.1. The molecule has 0 saturated carbocycles. The van der Waals surface area contributed by atoms with Crippen LogP contribution in [-0.2, 0) is 6.18 Å². The van der Waals surface area contributed by atoms with E-state index in [0.29, 0.717) is 6.07 Å². The maximum Gasteiger partial charge on any atom is 0.433 e. The molecule has 1 N–H and O–H groups in total. The van der Waals surface area contributed by atoms with Crippen molar-refractivity contribution in [2.75, 3.05) is 0 Å². The highest BCUT2D eigenvalue weighted by atomic mass is 19.4. The summed E-state index contributed by atoms with van der Waals surface area (Å²) >= 11 is 0. The Kier molecular flexibility index (Phi) is 4.62. The molecule has 0 aliphatic heterocycles. The quantitative estimate of drug-likeness (QED) is 0.690. The third kappa shape index (κ3) is 4.00. The van der Waals surface area contributed by atoms with Gasteiger partial charge in [-0.15, -0.1) is 0 Å². The lowest BCUT2D eigenvalue weighted by molar-refractivity contribution is -0.141. The minimum atomic E-state index is -4.78. The van der Waals surface area contributed by atoms with E-state index in [9.17, 15) is 18.0 Å². The van der Waals surface area contributed by atoms with Crippen molar-refractivity contribution in [1.29, 1.82) is 0 Å². The topological polar surface area (TPSA) is 59.4 Å². The highest BCUT2D eigenvalue weighted by Crippen LogP contribution is 2.32. The van der Waals surface area contributed by atoms with Crippen LogP contribution in [0.15, 0.2) is 66.7 Å². The first-order valence-electron chi connectivity index (χ1n) is 7.49. The number of carboxylic acids is 1. The van der Waals surface area contributed by atoms with Crippen molar-refractivity contribution in [2.24, 2.45) is 0 Å². The molecule has 0 spiro atoms. The van der Waals surface area contributed by atoms with Crippen LogP contribution >= 0.6 is 0 Å². The third-order valence-corrected chi connectivity index (χ3v) is 3.50. The second-order valence-electron chi connectivity index (χ2n) is 5.38. The second kappa shape index (κ2) is 6.87. The largest absolute Gasteiger partial charge is 0.478 e. The van der Waals surface area contributed by atoms with E-state index in [-0.39, 0.29) is 5.75 Å². The number of carboxylic acid groups (broad SMARTS) is 1. The van der Waals surface area contributed by atoms with Crippen molar-refractivity contribution in [3.8, 4) is 22.8 Å². The number of rotatable bonds is 4. The van der Waals surface area contributed by atoms with Gasteiger partial charge in [-0.1, -0.05) is 42.5 Å². The molecule has 26 heavy (non-hydrogen) atoms. The lowest BCUT2D eigenvalue weighted by Crippen LogP contribution is -2.11. The number of ether oxygens (including phenoxy) is 1. The summed E-state index contributed by atoms with van der Waals surface area (Å²) in [6.07, 6.45) is -4.78.